The first-order valence-electron chi connectivity index (χ1n) is 6.26. The highest BCUT2D eigenvalue weighted by molar-refractivity contribution is 5.80. The van der Waals surface area contributed by atoms with Crippen LogP contribution in [0.5, 0.6) is 0 Å². The number of carbonyl (C=O) groups is 1. The van der Waals surface area contributed by atoms with Gasteiger partial charge in [-0.25, -0.2) is 4.79 Å². The van der Waals surface area contributed by atoms with E-state index in [1.54, 1.807) is 19.1 Å². The van der Waals surface area contributed by atoms with Crippen molar-refractivity contribution in [3.63, 3.8) is 0 Å². The Kier molecular flexibility index (Phi) is 3.67. The highest BCUT2D eigenvalue weighted by Crippen LogP contribution is 2.26. The highest BCUT2D eigenvalue weighted by Gasteiger charge is 2.33. The van der Waals surface area contributed by atoms with E-state index in [0.29, 0.717) is 12.0 Å². The number of nitrogens with two attached hydrogens (primary N) is 1. The molecule has 0 amide bonds. The van der Waals surface area contributed by atoms with Crippen molar-refractivity contribution in [2.45, 2.75) is 18.9 Å². The Balaban J connectivity index is 2.36. The molecule has 2 aromatic rings. The Morgan fingerprint density at radius 3 is 2.05 bits per heavy atom. The maximum absolute atomic E-state index is 11.3. The van der Waals surface area contributed by atoms with Crippen LogP contribution in [0.3, 0.4) is 0 Å². The van der Waals surface area contributed by atoms with Gasteiger partial charge >= 0.3 is 5.97 Å². The van der Waals surface area contributed by atoms with Crippen molar-refractivity contribution >= 4 is 5.97 Å². The third-order valence-electron chi connectivity index (χ3n) is 3.45. The summed E-state index contributed by atoms with van der Waals surface area (Å²) < 4.78 is 0. The van der Waals surface area contributed by atoms with Crippen LogP contribution < -0.4 is 5.73 Å². The van der Waals surface area contributed by atoms with Gasteiger partial charge in [-0.1, -0.05) is 61.5 Å². The van der Waals surface area contributed by atoms with Gasteiger partial charge in [-0.05, 0) is 23.1 Å². The monoisotopic (exact) mass is 255 g/mol. The highest BCUT2D eigenvalue weighted by atomic mass is 16.4. The van der Waals surface area contributed by atoms with Crippen molar-refractivity contribution in [3.8, 4) is 11.1 Å². The number of rotatable bonds is 4. The summed E-state index contributed by atoms with van der Waals surface area (Å²) in [6.07, 6.45) is 0.354. The van der Waals surface area contributed by atoms with E-state index in [0.717, 1.165) is 11.1 Å². The zero-order valence-electron chi connectivity index (χ0n) is 10.8. The molecule has 19 heavy (non-hydrogen) atoms. The van der Waals surface area contributed by atoms with Crippen molar-refractivity contribution in [2.24, 2.45) is 5.73 Å². The molecule has 3 heteroatoms. The van der Waals surface area contributed by atoms with Crippen LogP contribution in [0.25, 0.3) is 11.1 Å². The smallest absolute Gasteiger partial charge is 0.328 e. The van der Waals surface area contributed by atoms with Crippen molar-refractivity contribution in [1.29, 1.82) is 0 Å². The molecule has 0 bridgehead atoms. The molecule has 0 aliphatic rings. The van der Waals surface area contributed by atoms with E-state index < -0.39 is 11.5 Å². The molecule has 0 heterocycles. The van der Waals surface area contributed by atoms with Gasteiger partial charge in [-0.3, -0.25) is 0 Å². The quantitative estimate of drug-likeness (QED) is 0.882. The molecule has 2 aromatic carbocycles. The number of hydrogen-bond acceptors (Lipinski definition) is 2. The second-order valence-corrected chi connectivity index (χ2v) is 4.57. The van der Waals surface area contributed by atoms with E-state index in [1.807, 2.05) is 42.5 Å². The summed E-state index contributed by atoms with van der Waals surface area (Å²) in [5.74, 6) is -0.998. The summed E-state index contributed by atoms with van der Waals surface area (Å²) in [4.78, 5) is 11.3. The zero-order valence-corrected chi connectivity index (χ0v) is 10.8. The van der Waals surface area contributed by atoms with Gasteiger partial charge in [-0.2, -0.15) is 0 Å². The normalized spacial score (nSPS) is 13.8. The Hall–Kier alpha value is -2.13. The standard InChI is InChI=1S/C16H17NO2/c1-2-16(17,15(18)19)14-10-8-13(9-11-14)12-6-4-3-5-7-12/h3-11H,2,17H2,1H3,(H,18,19). The van der Waals surface area contributed by atoms with Crippen molar-refractivity contribution in [3.05, 3.63) is 60.2 Å². The summed E-state index contributed by atoms with van der Waals surface area (Å²) in [7, 11) is 0. The van der Waals surface area contributed by atoms with Gasteiger partial charge < -0.3 is 10.8 Å². The lowest BCUT2D eigenvalue weighted by atomic mass is 9.87. The number of hydrogen-bond donors (Lipinski definition) is 2. The molecule has 0 aliphatic carbocycles. The van der Waals surface area contributed by atoms with Gasteiger partial charge in [0.15, 0.2) is 0 Å². The van der Waals surface area contributed by atoms with E-state index in [4.69, 9.17) is 5.73 Å². The fourth-order valence-electron chi connectivity index (χ4n) is 2.07. The maximum Gasteiger partial charge on any atom is 0.328 e. The van der Waals surface area contributed by atoms with Crippen LogP contribution in [-0.4, -0.2) is 11.1 Å². The summed E-state index contributed by atoms with van der Waals surface area (Å²) in [5.41, 5.74) is 7.42. The van der Waals surface area contributed by atoms with Crippen LogP contribution in [0.1, 0.15) is 18.9 Å². The Labute approximate surface area is 112 Å². The lowest BCUT2D eigenvalue weighted by molar-refractivity contribution is -0.143. The van der Waals surface area contributed by atoms with Crippen LogP contribution >= 0.6 is 0 Å². The molecule has 0 aliphatic heterocycles. The minimum Gasteiger partial charge on any atom is -0.480 e. The van der Waals surface area contributed by atoms with E-state index >= 15 is 0 Å². The van der Waals surface area contributed by atoms with E-state index in [-0.39, 0.29) is 0 Å². The van der Waals surface area contributed by atoms with Gasteiger partial charge in [0.25, 0.3) is 0 Å². The summed E-state index contributed by atoms with van der Waals surface area (Å²) >= 11 is 0. The van der Waals surface area contributed by atoms with Gasteiger partial charge in [0.2, 0.25) is 0 Å². The Morgan fingerprint density at radius 1 is 1.05 bits per heavy atom. The molecule has 0 saturated carbocycles. The van der Waals surface area contributed by atoms with Crippen LogP contribution in [0.15, 0.2) is 54.6 Å². The van der Waals surface area contributed by atoms with Crippen LogP contribution in [0.4, 0.5) is 0 Å². The first-order valence-corrected chi connectivity index (χ1v) is 6.26. The van der Waals surface area contributed by atoms with Crippen molar-refractivity contribution in [1.82, 2.24) is 0 Å². The zero-order chi connectivity index (χ0) is 13.9. The molecule has 0 radical (unpaired) electrons. The van der Waals surface area contributed by atoms with Gasteiger partial charge in [0, 0.05) is 0 Å². The predicted molar refractivity (Wildman–Crippen MR) is 75.7 cm³/mol. The molecule has 0 saturated heterocycles. The van der Waals surface area contributed by atoms with Gasteiger partial charge in [0.05, 0.1) is 0 Å². The van der Waals surface area contributed by atoms with Crippen molar-refractivity contribution in [2.75, 3.05) is 0 Å². The molecule has 98 valence electrons. The number of carboxylic acids is 1. The molecule has 2 rings (SSSR count). The first kappa shape index (κ1) is 13.3. The van der Waals surface area contributed by atoms with E-state index in [1.165, 1.54) is 0 Å². The van der Waals surface area contributed by atoms with Gasteiger partial charge in [-0.15, -0.1) is 0 Å². The molecule has 3 N–H and O–H groups in total. The molecular formula is C16H17NO2. The number of benzene rings is 2. The van der Waals surface area contributed by atoms with E-state index in [9.17, 15) is 9.90 Å². The molecule has 0 aromatic heterocycles. The fourth-order valence-corrected chi connectivity index (χ4v) is 2.07. The third-order valence-corrected chi connectivity index (χ3v) is 3.45. The molecule has 1 unspecified atom stereocenters. The second kappa shape index (κ2) is 5.24. The number of aliphatic carboxylic acids is 1. The van der Waals surface area contributed by atoms with Crippen LogP contribution in [-0.2, 0) is 10.3 Å². The molecule has 0 spiro atoms. The van der Waals surface area contributed by atoms with E-state index in [2.05, 4.69) is 0 Å². The number of carboxylic acid groups (broad SMARTS) is 1. The minimum atomic E-state index is -1.31. The molecular weight excluding hydrogens is 238 g/mol. The SMILES string of the molecule is CCC(N)(C(=O)O)c1ccc(-c2ccccc2)cc1. The maximum atomic E-state index is 11.3. The topological polar surface area (TPSA) is 63.3 Å². The second-order valence-electron chi connectivity index (χ2n) is 4.57. The molecule has 0 fully saturated rings. The Morgan fingerprint density at radius 2 is 1.58 bits per heavy atom. The van der Waals surface area contributed by atoms with Crippen LogP contribution in [0, 0.1) is 0 Å². The molecule has 1 atom stereocenters. The molecule has 3 nitrogen and oxygen atoms in total. The predicted octanol–water partition coefficient (Wildman–Crippen LogP) is 3.00. The average molecular weight is 255 g/mol. The Bertz CT molecular complexity index is 563. The first-order chi connectivity index (χ1) is 9.08. The van der Waals surface area contributed by atoms with Crippen LogP contribution in [0.2, 0.25) is 0 Å². The summed E-state index contributed by atoms with van der Waals surface area (Å²) in [5, 5.41) is 9.25. The third kappa shape index (κ3) is 2.51. The van der Waals surface area contributed by atoms with Gasteiger partial charge in [0.1, 0.15) is 5.54 Å². The lowest BCUT2D eigenvalue weighted by Crippen LogP contribution is -2.44. The largest absolute Gasteiger partial charge is 0.480 e. The summed E-state index contributed by atoms with van der Waals surface area (Å²) in [6, 6.07) is 17.3. The summed E-state index contributed by atoms with van der Waals surface area (Å²) in [6.45, 7) is 1.78. The average Bonchev–Trinajstić information content (AvgIpc) is 2.47. The lowest BCUT2D eigenvalue weighted by Gasteiger charge is -2.23. The fraction of sp³-hybridized carbons (Fsp3) is 0.188. The van der Waals surface area contributed by atoms with Crippen molar-refractivity contribution < 1.29 is 9.90 Å². The minimum absolute atomic E-state index is 0.354.